The zero-order chi connectivity index (χ0) is 3.41. The van der Waals surface area contributed by atoms with Gasteiger partial charge in [0.1, 0.15) is 0 Å². The zero-order valence-electron chi connectivity index (χ0n) is 2.41. The van der Waals surface area contributed by atoms with Gasteiger partial charge < -0.3 is 18.5 Å². The van der Waals surface area contributed by atoms with Gasteiger partial charge in [0.25, 0.3) is 0 Å². The highest BCUT2D eigenvalue weighted by atomic mass is 31.0. The van der Waals surface area contributed by atoms with Gasteiger partial charge in [-0.3, -0.25) is 0 Å². The van der Waals surface area contributed by atoms with Crippen molar-refractivity contribution in [3.05, 3.63) is 0 Å². The van der Waals surface area contributed by atoms with Gasteiger partial charge in [-0.25, -0.2) is 12.3 Å². The molecule has 0 N–H and O–H groups in total. The van der Waals surface area contributed by atoms with Crippen molar-refractivity contribution in [1.29, 1.82) is 0 Å². The van der Waals surface area contributed by atoms with Crippen molar-refractivity contribution >= 4 is 18.5 Å². The number of rotatable bonds is 1. The predicted molar refractivity (Wildman–Crippen MR) is 26.4 cm³/mol. The fraction of sp³-hybridized carbons (Fsp3) is 1.00. The molecule has 0 rings (SSSR count). The minimum absolute atomic E-state index is 1.04. The van der Waals surface area contributed by atoms with Gasteiger partial charge in [0.2, 0.25) is 0 Å². The van der Waals surface area contributed by atoms with E-state index in [-0.39, 0.29) is 0 Å². The third-order valence-corrected chi connectivity index (χ3v) is 1.12. The summed E-state index contributed by atoms with van der Waals surface area (Å²) in [6.07, 6.45) is 2.08. The predicted octanol–water partition coefficient (Wildman–Crippen LogP) is 1.27. The third-order valence-electron chi connectivity index (χ3n) is 0.125. The monoisotopic (exact) mass is 92.0 g/mol. The Morgan fingerprint density at radius 3 is 1.25 bits per heavy atom. The van der Waals surface area contributed by atoms with E-state index in [2.05, 4.69) is 18.5 Å². The van der Waals surface area contributed by atoms with Crippen molar-refractivity contribution in [1.82, 2.24) is 0 Å². The minimum Gasteiger partial charge on any atom is -0.561 e. The normalized spacial score (nSPS) is 7.50. The van der Waals surface area contributed by atoms with Gasteiger partial charge in [-0.1, -0.05) is 0 Å². The Balaban J connectivity index is 1.97. The van der Waals surface area contributed by atoms with E-state index in [1.165, 1.54) is 0 Å². The first-order chi connectivity index (χ1) is 1.91. The highest BCUT2D eigenvalue weighted by Crippen LogP contribution is 1.83. The second-order valence-corrected chi connectivity index (χ2v) is 1.50. The van der Waals surface area contributed by atoms with Crippen LogP contribution in [0.15, 0.2) is 0 Å². The highest BCUT2D eigenvalue weighted by Gasteiger charge is 1.32. The SMILES string of the molecule is [PH-]CC[PH-]. The van der Waals surface area contributed by atoms with Crippen LogP contribution < -0.4 is 0 Å². The summed E-state index contributed by atoms with van der Waals surface area (Å²) in [6, 6.07) is 0. The number of hydrogen-bond donors (Lipinski definition) is 0. The molecule has 2 heteroatoms. The van der Waals surface area contributed by atoms with Crippen LogP contribution in [0.1, 0.15) is 0 Å². The first-order valence-corrected chi connectivity index (χ1v) is 2.62. The van der Waals surface area contributed by atoms with Gasteiger partial charge in [-0.05, 0) is 0 Å². The molecule has 0 atom stereocenters. The topological polar surface area (TPSA) is 0 Å². The van der Waals surface area contributed by atoms with Gasteiger partial charge >= 0.3 is 0 Å². The lowest BCUT2D eigenvalue weighted by Crippen LogP contribution is -1.61. The molecule has 0 aromatic heterocycles. The highest BCUT2D eigenvalue weighted by molar-refractivity contribution is 7.21. The summed E-state index contributed by atoms with van der Waals surface area (Å²) in [5, 5.41) is 0. The maximum absolute atomic E-state index is 3.24. The lowest BCUT2D eigenvalue weighted by atomic mass is 11.0. The van der Waals surface area contributed by atoms with Gasteiger partial charge in [0, 0.05) is 0 Å². The lowest BCUT2D eigenvalue weighted by Gasteiger charge is -1.94. The summed E-state index contributed by atoms with van der Waals surface area (Å²) in [5.41, 5.74) is 0. The molecule has 0 bridgehead atoms. The summed E-state index contributed by atoms with van der Waals surface area (Å²) in [6.45, 7) is 0. The molecule has 0 nitrogen and oxygen atoms in total. The third kappa shape index (κ3) is 2.86. The molecule has 0 aliphatic rings. The maximum Gasteiger partial charge on any atom is -0.212 e. The Labute approximate surface area is 31.8 Å². The van der Waals surface area contributed by atoms with Gasteiger partial charge in [0.05, 0.1) is 0 Å². The molecule has 0 aromatic carbocycles. The maximum atomic E-state index is 3.24. The van der Waals surface area contributed by atoms with Crippen LogP contribution in [0.3, 0.4) is 0 Å². The Morgan fingerprint density at radius 2 is 1.25 bits per heavy atom. The molecule has 4 heavy (non-hydrogen) atoms. The average molecular weight is 92.0 g/mol. The quantitative estimate of drug-likeness (QED) is 0.427. The molecule has 0 aliphatic heterocycles. The second kappa shape index (κ2) is 3.86. The Morgan fingerprint density at radius 1 is 1.00 bits per heavy atom. The number of hydrogen-bond acceptors (Lipinski definition) is 0. The van der Waals surface area contributed by atoms with E-state index in [9.17, 15) is 0 Å². The summed E-state index contributed by atoms with van der Waals surface area (Å²) in [4.78, 5) is 0. The van der Waals surface area contributed by atoms with E-state index in [1.807, 2.05) is 0 Å². The smallest absolute Gasteiger partial charge is 0.212 e. The van der Waals surface area contributed by atoms with Crippen LogP contribution in [-0.4, -0.2) is 12.3 Å². The first kappa shape index (κ1) is 4.86. The van der Waals surface area contributed by atoms with E-state index < -0.39 is 0 Å². The molecule has 0 saturated heterocycles. The molecule has 0 radical (unpaired) electrons. The second-order valence-electron chi connectivity index (χ2n) is 0.500. The molecule has 0 heterocycles. The van der Waals surface area contributed by atoms with E-state index in [0.717, 1.165) is 12.3 Å². The first-order valence-electron chi connectivity index (χ1n) is 1.21. The summed E-state index contributed by atoms with van der Waals surface area (Å²) in [7, 11) is 6.48. The Bertz CT molecular complexity index is 6.00. The van der Waals surface area contributed by atoms with Crippen LogP contribution in [0.4, 0.5) is 0 Å². The fourth-order valence-electron chi connectivity index (χ4n) is 0. The van der Waals surface area contributed by atoms with Crippen molar-refractivity contribution in [2.24, 2.45) is 0 Å². The van der Waals surface area contributed by atoms with E-state index in [1.54, 1.807) is 0 Å². The van der Waals surface area contributed by atoms with Crippen LogP contribution in [0.5, 0.6) is 0 Å². The zero-order valence-corrected chi connectivity index (χ0v) is 4.41. The van der Waals surface area contributed by atoms with E-state index in [4.69, 9.17) is 0 Å². The summed E-state index contributed by atoms with van der Waals surface area (Å²) < 4.78 is 0. The van der Waals surface area contributed by atoms with Crippen LogP contribution in [0.2, 0.25) is 0 Å². The van der Waals surface area contributed by atoms with Crippen LogP contribution >= 0.6 is 18.5 Å². The standard InChI is InChI=1S/C2H6P2/c3-1-2-4/h3-4H,1-2H2/q-2. The molecule has 0 unspecified atom stereocenters. The minimum atomic E-state index is 1.04. The molecule has 26 valence electrons. The van der Waals surface area contributed by atoms with Gasteiger partial charge in [-0.15, -0.1) is 0 Å². The largest absolute Gasteiger partial charge is 0.561 e. The Hall–Kier alpha value is 0.860. The Kier molecular flexibility index (Phi) is 4.69. The molecular weight excluding hydrogens is 86.0 g/mol. The van der Waals surface area contributed by atoms with Crippen molar-refractivity contribution < 1.29 is 0 Å². The van der Waals surface area contributed by atoms with E-state index >= 15 is 0 Å². The van der Waals surface area contributed by atoms with E-state index in [0.29, 0.717) is 0 Å². The molecular formula is C2H6P2-2. The summed E-state index contributed by atoms with van der Waals surface area (Å²) in [5.74, 6) is 0. The lowest BCUT2D eigenvalue weighted by molar-refractivity contribution is 1.57. The van der Waals surface area contributed by atoms with Crippen molar-refractivity contribution in [3.63, 3.8) is 0 Å². The van der Waals surface area contributed by atoms with Gasteiger partial charge in [-0.2, -0.15) is 0 Å². The molecule has 0 saturated carbocycles. The van der Waals surface area contributed by atoms with Crippen LogP contribution in [0.25, 0.3) is 0 Å². The van der Waals surface area contributed by atoms with Crippen molar-refractivity contribution in [3.8, 4) is 0 Å². The fourth-order valence-corrected chi connectivity index (χ4v) is 0. The summed E-state index contributed by atoms with van der Waals surface area (Å²) >= 11 is 0. The van der Waals surface area contributed by atoms with Crippen molar-refractivity contribution in [2.75, 3.05) is 12.3 Å². The molecule has 0 aromatic rings. The molecule has 0 spiro atoms. The molecule has 0 fully saturated rings. The van der Waals surface area contributed by atoms with Crippen LogP contribution in [-0.2, 0) is 0 Å². The average Bonchev–Trinajstić information content (AvgIpc) is 1.37. The van der Waals surface area contributed by atoms with Crippen molar-refractivity contribution in [2.45, 2.75) is 0 Å². The molecule has 0 amide bonds. The van der Waals surface area contributed by atoms with Crippen LogP contribution in [0, 0.1) is 0 Å². The molecule has 0 aliphatic carbocycles. The van der Waals surface area contributed by atoms with Gasteiger partial charge in [0.15, 0.2) is 0 Å².